The van der Waals surface area contributed by atoms with Gasteiger partial charge in [0.05, 0.1) is 18.1 Å². The van der Waals surface area contributed by atoms with Crippen LogP contribution in [0.15, 0.2) is 22.6 Å². The minimum absolute atomic E-state index is 0.105. The average Bonchev–Trinajstić information content (AvgIpc) is 3.00. The summed E-state index contributed by atoms with van der Waals surface area (Å²) < 4.78 is 24.4. The zero-order valence-corrected chi connectivity index (χ0v) is 10.2. The van der Waals surface area contributed by atoms with E-state index >= 15 is 0 Å². The Morgan fingerprint density at radius 3 is 3.00 bits per heavy atom. The molecule has 1 atom stereocenters. The topological polar surface area (TPSA) is 48.2 Å². The van der Waals surface area contributed by atoms with Gasteiger partial charge in [-0.2, -0.15) is 0 Å². The van der Waals surface area contributed by atoms with Crippen LogP contribution in [0.2, 0.25) is 5.02 Å². The molecule has 0 bridgehead atoms. The first-order valence-corrected chi connectivity index (χ1v) is 5.98. The normalized spacial score (nSPS) is 19.3. The summed E-state index contributed by atoms with van der Waals surface area (Å²) >= 11 is 5.82. The van der Waals surface area contributed by atoms with Crippen molar-refractivity contribution in [3.8, 4) is 11.5 Å². The molecule has 3 rings (SSSR count). The van der Waals surface area contributed by atoms with Gasteiger partial charge in [0.25, 0.3) is 5.89 Å². The second-order valence-corrected chi connectivity index (χ2v) is 4.57. The third-order valence-electron chi connectivity index (χ3n) is 2.88. The fraction of sp³-hybridized carbons (Fsp3) is 0.333. The quantitative estimate of drug-likeness (QED) is 0.840. The number of nitrogens with zero attached hydrogens (tertiary/aromatic N) is 2. The van der Waals surface area contributed by atoms with Crippen LogP contribution in [-0.4, -0.2) is 23.4 Å². The summed E-state index contributed by atoms with van der Waals surface area (Å²) in [6.45, 7) is 1.26. The Bertz CT molecular complexity index is 567. The monoisotopic (exact) mass is 268 g/mol. The van der Waals surface area contributed by atoms with Gasteiger partial charge in [-0.15, -0.1) is 10.2 Å². The molecule has 0 N–H and O–H groups in total. The summed E-state index contributed by atoms with van der Waals surface area (Å²) in [4.78, 5) is 0. The summed E-state index contributed by atoms with van der Waals surface area (Å²) in [5.41, 5.74) is 0.222. The largest absolute Gasteiger partial charge is 0.420 e. The van der Waals surface area contributed by atoms with Gasteiger partial charge in [0.1, 0.15) is 5.82 Å². The molecule has 2 aromatic rings. The Morgan fingerprint density at radius 1 is 1.33 bits per heavy atom. The maximum Gasteiger partial charge on any atom is 0.250 e. The molecule has 1 fully saturated rings. The van der Waals surface area contributed by atoms with Crippen LogP contribution in [0.1, 0.15) is 18.2 Å². The summed E-state index contributed by atoms with van der Waals surface area (Å²) in [5.74, 6) is 0.310. The van der Waals surface area contributed by atoms with Gasteiger partial charge in [0, 0.05) is 11.6 Å². The van der Waals surface area contributed by atoms with Gasteiger partial charge in [-0.1, -0.05) is 11.6 Å². The molecule has 18 heavy (non-hydrogen) atoms. The molecule has 0 saturated carbocycles. The third kappa shape index (κ3) is 2.11. The molecule has 0 aliphatic carbocycles. The van der Waals surface area contributed by atoms with Crippen LogP contribution in [0, 0.1) is 5.82 Å². The van der Waals surface area contributed by atoms with Gasteiger partial charge < -0.3 is 9.15 Å². The van der Waals surface area contributed by atoms with Gasteiger partial charge in [0.15, 0.2) is 0 Å². The van der Waals surface area contributed by atoms with Crippen molar-refractivity contribution in [3.05, 3.63) is 34.9 Å². The summed E-state index contributed by atoms with van der Waals surface area (Å²) in [7, 11) is 0. The maximum absolute atomic E-state index is 13.6. The first kappa shape index (κ1) is 11.6. The predicted octanol–water partition coefficient (Wildman–Crippen LogP) is 3.03. The Labute approximate surface area is 108 Å². The Balaban J connectivity index is 1.94. The molecule has 1 aromatic heterocycles. The highest BCUT2D eigenvalue weighted by Crippen LogP contribution is 2.29. The van der Waals surface area contributed by atoms with Crippen molar-refractivity contribution in [3.63, 3.8) is 0 Å². The molecule has 1 aromatic carbocycles. The Hall–Kier alpha value is -1.46. The molecule has 0 spiro atoms. The smallest absolute Gasteiger partial charge is 0.250 e. The Kier molecular flexibility index (Phi) is 3.01. The molecule has 1 unspecified atom stereocenters. The number of ether oxygens (including phenoxy) is 1. The third-order valence-corrected chi connectivity index (χ3v) is 3.11. The van der Waals surface area contributed by atoms with E-state index in [9.17, 15) is 4.39 Å². The molecule has 1 aliphatic heterocycles. The first-order valence-electron chi connectivity index (χ1n) is 5.60. The van der Waals surface area contributed by atoms with Crippen LogP contribution >= 0.6 is 11.6 Å². The molecule has 6 heteroatoms. The van der Waals surface area contributed by atoms with Gasteiger partial charge in [-0.3, -0.25) is 0 Å². The lowest BCUT2D eigenvalue weighted by Crippen LogP contribution is -1.97. The van der Waals surface area contributed by atoms with Gasteiger partial charge in [-0.05, 0) is 24.6 Å². The lowest BCUT2D eigenvalue weighted by atomic mass is 10.1. The molecule has 4 nitrogen and oxygen atoms in total. The van der Waals surface area contributed by atoms with E-state index in [2.05, 4.69) is 10.2 Å². The van der Waals surface area contributed by atoms with Crippen LogP contribution in [0.25, 0.3) is 11.5 Å². The number of benzene rings is 1. The second kappa shape index (κ2) is 4.66. The number of aromatic nitrogens is 2. The molecule has 1 saturated heterocycles. The summed E-state index contributed by atoms with van der Waals surface area (Å²) in [6.07, 6.45) is 0.847. The highest BCUT2D eigenvalue weighted by Gasteiger charge is 2.24. The minimum Gasteiger partial charge on any atom is -0.420 e. The van der Waals surface area contributed by atoms with E-state index < -0.39 is 5.82 Å². The molecule has 2 heterocycles. The van der Waals surface area contributed by atoms with E-state index in [4.69, 9.17) is 20.8 Å². The first-order chi connectivity index (χ1) is 8.74. The van der Waals surface area contributed by atoms with Crippen molar-refractivity contribution >= 4 is 11.6 Å². The standard InChI is InChI=1S/C12H10ClFN2O2/c13-8-1-2-10(14)9(5-8)12-16-15-11(18-12)7-3-4-17-6-7/h1-2,5,7H,3-4,6H2. The summed E-state index contributed by atoms with van der Waals surface area (Å²) in [6, 6.07) is 4.22. The van der Waals surface area contributed by atoms with Crippen molar-refractivity contribution in [1.29, 1.82) is 0 Å². The van der Waals surface area contributed by atoms with E-state index in [1.807, 2.05) is 0 Å². The van der Waals surface area contributed by atoms with Crippen molar-refractivity contribution in [2.75, 3.05) is 13.2 Å². The number of hydrogen-bond donors (Lipinski definition) is 0. The lowest BCUT2D eigenvalue weighted by molar-refractivity contribution is 0.191. The van der Waals surface area contributed by atoms with E-state index in [1.54, 1.807) is 0 Å². The Morgan fingerprint density at radius 2 is 2.22 bits per heavy atom. The highest BCUT2D eigenvalue weighted by atomic mass is 35.5. The second-order valence-electron chi connectivity index (χ2n) is 4.13. The van der Waals surface area contributed by atoms with Gasteiger partial charge >= 0.3 is 0 Å². The minimum atomic E-state index is -0.433. The van der Waals surface area contributed by atoms with Gasteiger partial charge in [-0.25, -0.2) is 4.39 Å². The van der Waals surface area contributed by atoms with E-state index in [1.165, 1.54) is 18.2 Å². The van der Waals surface area contributed by atoms with E-state index in [-0.39, 0.29) is 17.4 Å². The van der Waals surface area contributed by atoms with E-state index in [0.717, 1.165) is 6.42 Å². The zero-order chi connectivity index (χ0) is 12.5. The molecule has 0 radical (unpaired) electrons. The highest BCUT2D eigenvalue weighted by molar-refractivity contribution is 6.30. The van der Waals surface area contributed by atoms with Crippen molar-refractivity contribution < 1.29 is 13.5 Å². The fourth-order valence-electron chi connectivity index (χ4n) is 1.90. The summed E-state index contributed by atoms with van der Waals surface area (Å²) in [5, 5.41) is 8.23. The van der Waals surface area contributed by atoms with Crippen molar-refractivity contribution in [2.24, 2.45) is 0 Å². The van der Waals surface area contributed by atoms with Gasteiger partial charge in [0.2, 0.25) is 5.89 Å². The number of rotatable bonds is 2. The SMILES string of the molecule is Fc1ccc(Cl)cc1-c1nnc(C2CCOC2)o1. The molecule has 0 amide bonds. The molecular weight excluding hydrogens is 259 g/mol. The number of halogens is 2. The van der Waals surface area contributed by atoms with Crippen LogP contribution < -0.4 is 0 Å². The lowest BCUT2D eigenvalue weighted by Gasteiger charge is -2.00. The van der Waals surface area contributed by atoms with Crippen LogP contribution in [-0.2, 0) is 4.74 Å². The molecule has 94 valence electrons. The van der Waals surface area contributed by atoms with Crippen molar-refractivity contribution in [2.45, 2.75) is 12.3 Å². The van der Waals surface area contributed by atoms with Crippen LogP contribution in [0.4, 0.5) is 4.39 Å². The van der Waals surface area contributed by atoms with Crippen molar-refractivity contribution in [1.82, 2.24) is 10.2 Å². The average molecular weight is 269 g/mol. The maximum atomic E-state index is 13.6. The van der Waals surface area contributed by atoms with Crippen LogP contribution in [0.3, 0.4) is 0 Å². The zero-order valence-electron chi connectivity index (χ0n) is 9.40. The fourth-order valence-corrected chi connectivity index (χ4v) is 2.07. The number of hydrogen-bond acceptors (Lipinski definition) is 4. The predicted molar refractivity (Wildman–Crippen MR) is 62.9 cm³/mol. The molecule has 1 aliphatic rings. The molecular formula is C12H10ClFN2O2. The van der Waals surface area contributed by atoms with Crippen LogP contribution in [0.5, 0.6) is 0 Å². The van der Waals surface area contributed by atoms with E-state index in [0.29, 0.717) is 24.1 Å².